The summed E-state index contributed by atoms with van der Waals surface area (Å²) in [6, 6.07) is 18.9. The number of carbonyl (C=O) groups is 1. The van der Waals surface area contributed by atoms with Gasteiger partial charge in [-0.3, -0.25) is 4.90 Å². The van der Waals surface area contributed by atoms with Gasteiger partial charge in [-0.05, 0) is 55.7 Å². The summed E-state index contributed by atoms with van der Waals surface area (Å²) >= 11 is 0. The molecule has 1 atom stereocenters. The van der Waals surface area contributed by atoms with Crippen LogP contribution in [0.5, 0.6) is 5.88 Å². The number of hydrogen-bond donors (Lipinski definition) is 1. The lowest BCUT2D eigenvalue weighted by atomic mass is 9.76. The fourth-order valence-electron chi connectivity index (χ4n) is 5.63. The number of carboxylic acid groups (broad SMARTS) is 1. The molecule has 2 aliphatic heterocycles. The minimum absolute atomic E-state index is 0.0534. The van der Waals surface area contributed by atoms with Gasteiger partial charge in [-0.1, -0.05) is 12.1 Å². The second-order valence-electron chi connectivity index (χ2n) is 11.0. The van der Waals surface area contributed by atoms with Gasteiger partial charge in [0.1, 0.15) is 23.7 Å². The fourth-order valence-corrected chi connectivity index (χ4v) is 5.63. The first-order valence-electron chi connectivity index (χ1n) is 14.1. The summed E-state index contributed by atoms with van der Waals surface area (Å²) in [5.74, 6) is -0.372. The molecule has 0 aliphatic carbocycles. The van der Waals surface area contributed by atoms with Gasteiger partial charge in [0.25, 0.3) is 0 Å². The van der Waals surface area contributed by atoms with Crippen molar-refractivity contribution in [2.24, 2.45) is 0 Å². The van der Waals surface area contributed by atoms with Gasteiger partial charge >= 0.3 is 5.97 Å². The molecule has 2 fully saturated rings. The van der Waals surface area contributed by atoms with E-state index in [-0.39, 0.29) is 23.8 Å². The number of benzene rings is 2. The zero-order chi connectivity index (χ0) is 30.0. The third kappa shape index (κ3) is 5.78. The van der Waals surface area contributed by atoms with Crippen LogP contribution in [-0.2, 0) is 29.8 Å². The molecule has 10 nitrogen and oxygen atoms in total. The average molecular weight is 581 g/mol. The Hall–Kier alpha value is -4.84. The van der Waals surface area contributed by atoms with E-state index in [1.54, 1.807) is 30.3 Å². The van der Waals surface area contributed by atoms with Gasteiger partial charge in [-0.25, -0.2) is 19.2 Å². The minimum Gasteiger partial charge on any atom is -0.478 e. The average Bonchev–Trinajstić information content (AvgIpc) is 3.34. The first kappa shape index (κ1) is 28.3. The third-order valence-corrected chi connectivity index (χ3v) is 8.31. The smallest absolute Gasteiger partial charge is 0.335 e. The van der Waals surface area contributed by atoms with Gasteiger partial charge in [-0.15, -0.1) is 0 Å². The summed E-state index contributed by atoms with van der Waals surface area (Å²) in [5, 5.41) is 28.8. The number of fused-ring (bicyclic) bond motifs is 1. The number of piperidine rings is 1. The van der Waals surface area contributed by atoms with Crippen molar-refractivity contribution < 1.29 is 23.8 Å². The predicted molar refractivity (Wildman–Crippen MR) is 153 cm³/mol. The summed E-state index contributed by atoms with van der Waals surface area (Å²) in [5.41, 5.74) is 2.09. The summed E-state index contributed by atoms with van der Waals surface area (Å²) in [7, 11) is 0. The fraction of sp³-hybridized carbons (Fsp3) is 0.344. The predicted octanol–water partition coefficient (Wildman–Crippen LogP) is 4.57. The van der Waals surface area contributed by atoms with Crippen LogP contribution < -0.4 is 4.74 Å². The molecule has 43 heavy (non-hydrogen) atoms. The van der Waals surface area contributed by atoms with Gasteiger partial charge < -0.3 is 19.1 Å². The second kappa shape index (κ2) is 11.8. The normalized spacial score (nSPS) is 18.0. The summed E-state index contributed by atoms with van der Waals surface area (Å²) in [6.07, 6.45) is 2.13. The van der Waals surface area contributed by atoms with Crippen molar-refractivity contribution in [3.63, 3.8) is 0 Å². The van der Waals surface area contributed by atoms with Crippen LogP contribution in [0.15, 0.2) is 54.6 Å². The number of pyridine rings is 1. The Labute approximate surface area is 247 Å². The number of nitriles is 2. The summed E-state index contributed by atoms with van der Waals surface area (Å²) < 4.78 is 27.8. The highest BCUT2D eigenvalue weighted by molar-refractivity contribution is 5.92. The number of halogens is 1. The van der Waals surface area contributed by atoms with Crippen LogP contribution in [-0.4, -0.2) is 56.3 Å². The molecular formula is C32H29FN6O4. The van der Waals surface area contributed by atoms with Crippen molar-refractivity contribution in [3.8, 4) is 18.0 Å². The maximum atomic E-state index is 14.3. The molecule has 4 aromatic rings. The molecule has 4 heterocycles. The van der Waals surface area contributed by atoms with E-state index in [4.69, 9.17) is 19.7 Å². The van der Waals surface area contributed by atoms with Crippen molar-refractivity contribution >= 4 is 17.0 Å². The highest BCUT2D eigenvalue weighted by Gasteiger charge is 2.38. The molecular weight excluding hydrogens is 551 g/mol. The quantitative estimate of drug-likeness (QED) is 0.302. The van der Waals surface area contributed by atoms with Gasteiger partial charge in [0.2, 0.25) is 5.88 Å². The zero-order valence-corrected chi connectivity index (χ0v) is 23.4. The highest BCUT2D eigenvalue weighted by atomic mass is 19.1. The summed E-state index contributed by atoms with van der Waals surface area (Å²) in [6.45, 7) is 3.11. The lowest BCUT2D eigenvalue weighted by Crippen LogP contribution is -2.42. The molecule has 0 unspecified atom stereocenters. The standard InChI is InChI=1S/C32H29FN6O4/c33-25-14-21(16-34)4-5-23(25)19-43-30-3-1-2-28(37-30)32(20-35)9-11-38(12-10-32)18-29-36-26-7-6-22(31(40)41)15-27(26)39(29)17-24-8-13-42-24/h1-7,14-15,24H,8-13,17-19H2,(H,40,41)/t24-/m0/s1. The van der Waals surface area contributed by atoms with Crippen LogP contribution >= 0.6 is 0 Å². The number of carboxylic acids is 1. The number of nitrogens with zero attached hydrogens (tertiary/aromatic N) is 6. The molecule has 1 N–H and O–H groups in total. The largest absolute Gasteiger partial charge is 0.478 e. The molecule has 2 saturated heterocycles. The Kier molecular flexibility index (Phi) is 7.76. The van der Waals surface area contributed by atoms with Gasteiger partial charge in [0.05, 0.1) is 59.2 Å². The zero-order valence-electron chi connectivity index (χ0n) is 23.4. The van der Waals surface area contributed by atoms with Crippen LogP contribution in [0.2, 0.25) is 0 Å². The van der Waals surface area contributed by atoms with Gasteiger partial charge in [-0.2, -0.15) is 10.5 Å². The molecule has 2 aromatic carbocycles. The number of aromatic nitrogens is 3. The number of hydrogen-bond acceptors (Lipinski definition) is 8. The minimum atomic E-state index is -0.982. The number of likely N-dealkylation sites (tertiary alicyclic amines) is 1. The summed E-state index contributed by atoms with van der Waals surface area (Å²) in [4.78, 5) is 23.3. The van der Waals surface area contributed by atoms with Crippen LogP contribution in [0, 0.1) is 28.5 Å². The molecule has 0 amide bonds. The first-order chi connectivity index (χ1) is 20.9. The maximum Gasteiger partial charge on any atom is 0.335 e. The van der Waals surface area contributed by atoms with Crippen molar-refractivity contribution in [1.82, 2.24) is 19.4 Å². The number of imidazole rings is 1. The highest BCUT2D eigenvalue weighted by Crippen LogP contribution is 2.35. The Morgan fingerprint density at radius 1 is 1.14 bits per heavy atom. The molecule has 6 rings (SSSR count). The van der Waals surface area contributed by atoms with E-state index in [1.165, 1.54) is 18.2 Å². The van der Waals surface area contributed by atoms with Gasteiger partial charge in [0, 0.05) is 31.3 Å². The van der Waals surface area contributed by atoms with E-state index in [2.05, 4.69) is 20.5 Å². The SMILES string of the molecule is N#Cc1ccc(COc2cccc(C3(C#N)CCN(Cc4nc5ccc(C(=O)O)cc5n4C[C@@H]4CCO4)CC3)n2)c(F)c1. The van der Waals surface area contributed by atoms with Crippen molar-refractivity contribution in [1.29, 1.82) is 10.5 Å². The van der Waals surface area contributed by atoms with Gasteiger partial charge in [0.15, 0.2) is 0 Å². The monoisotopic (exact) mass is 580 g/mol. The topological polar surface area (TPSA) is 137 Å². The number of aromatic carboxylic acids is 1. The molecule has 218 valence electrons. The number of ether oxygens (including phenoxy) is 2. The van der Waals surface area contributed by atoms with E-state index in [0.29, 0.717) is 56.2 Å². The van der Waals surface area contributed by atoms with Crippen molar-refractivity contribution in [2.75, 3.05) is 19.7 Å². The first-order valence-corrected chi connectivity index (χ1v) is 14.1. The lowest BCUT2D eigenvalue weighted by molar-refractivity contribution is -0.0592. The van der Waals surface area contributed by atoms with Crippen LogP contribution in [0.1, 0.15) is 52.3 Å². The molecule has 0 radical (unpaired) electrons. The number of rotatable bonds is 9. The van der Waals surface area contributed by atoms with E-state index < -0.39 is 17.2 Å². The van der Waals surface area contributed by atoms with Crippen molar-refractivity contribution in [2.45, 2.75) is 50.5 Å². The van der Waals surface area contributed by atoms with Crippen LogP contribution in [0.3, 0.4) is 0 Å². The van der Waals surface area contributed by atoms with Crippen LogP contribution in [0.25, 0.3) is 11.0 Å². The van der Waals surface area contributed by atoms with E-state index in [1.807, 2.05) is 12.1 Å². The Morgan fingerprint density at radius 2 is 1.95 bits per heavy atom. The molecule has 0 bridgehead atoms. The molecule has 11 heteroatoms. The van der Waals surface area contributed by atoms with Crippen LogP contribution in [0.4, 0.5) is 4.39 Å². The second-order valence-corrected chi connectivity index (χ2v) is 11.0. The molecule has 0 saturated carbocycles. The van der Waals surface area contributed by atoms with E-state index in [9.17, 15) is 19.6 Å². The Bertz CT molecular complexity index is 1760. The maximum absolute atomic E-state index is 14.3. The van der Waals surface area contributed by atoms with E-state index in [0.717, 1.165) is 29.9 Å². The Balaban J connectivity index is 1.16. The molecule has 2 aliphatic rings. The third-order valence-electron chi connectivity index (χ3n) is 8.31. The molecule has 0 spiro atoms. The lowest BCUT2D eigenvalue weighted by Gasteiger charge is -2.37. The van der Waals surface area contributed by atoms with E-state index >= 15 is 0 Å². The molecule has 2 aromatic heterocycles. The Morgan fingerprint density at radius 3 is 2.63 bits per heavy atom. The van der Waals surface area contributed by atoms with Crippen molar-refractivity contribution in [3.05, 3.63) is 88.6 Å².